The van der Waals surface area contributed by atoms with Crippen molar-refractivity contribution < 1.29 is 4.79 Å². The summed E-state index contributed by atoms with van der Waals surface area (Å²) in [7, 11) is 0. The minimum absolute atomic E-state index is 0.0752. The van der Waals surface area contributed by atoms with E-state index in [2.05, 4.69) is 22.5 Å². The average molecular weight is 331 g/mol. The number of benzene rings is 2. The summed E-state index contributed by atoms with van der Waals surface area (Å²) in [5.41, 5.74) is 4.44. The Morgan fingerprint density at radius 1 is 1.12 bits per heavy atom. The van der Waals surface area contributed by atoms with Crippen LogP contribution in [0, 0.1) is 6.92 Å². The predicted molar refractivity (Wildman–Crippen MR) is 100 cm³/mol. The number of rotatable bonds is 6. The van der Waals surface area contributed by atoms with Crippen molar-refractivity contribution in [2.75, 3.05) is 6.54 Å². The number of nitrogens with one attached hydrogen (secondary N) is 1. The van der Waals surface area contributed by atoms with Crippen molar-refractivity contribution in [3.63, 3.8) is 0 Å². The zero-order chi connectivity index (χ0) is 17.5. The first-order valence-corrected chi connectivity index (χ1v) is 8.32. The van der Waals surface area contributed by atoms with Gasteiger partial charge in [0.15, 0.2) is 0 Å². The second kappa shape index (κ2) is 8.11. The second-order valence-electron chi connectivity index (χ2n) is 5.90. The van der Waals surface area contributed by atoms with Crippen LogP contribution in [0.25, 0.3) is 11.8 Å². The number of aryl methyl sites for hydroxylation is 1. The number of hydrogen-bond acceptors (Lipinski definition) is 2. The quantitative estimate of drug-likeness (QED) is 0.702. The van der Waals surface area contributed by atoms with E-state index in [1.165, 1.54) is 11.1 Å². The third-order valence-electron chi connectivity index (χ3n) is 3.92. The highest BCUT2D eigenvalue weighted by Gasteiger charge is 1.99. The molecule has 3 rings (SSSR count). The number of nitrogens with zero attached hydrogens (tertiary/aromatic N) is 2. The third kappa shape index (κ3) is 4.91. The van der Waals surface area contributed by atoms with E-state index in [0.717, 1.165) is 17.7 Å². The summed E-state index contributed by atoms with van der Waals surface area (Å²) in [5, 5.41) is 7.12. The van der Waals surface area contributed by atoms with Crippen molar-refractivity contribution in [2.24, 2.45) is 0 Å². The Hall–Kier alpha value is -3.14. The van der Waals surface area contributed by atoms with Crippen molar-refractivity contribution in [2.45, 2.75) is 13.3 Å². The molecule has 3 aromatic rings. The summed E-state index contributed by atoms with van der Waals surface area (Å²) in [4.78, 5) is 11.9. The van der Waals surface area contributed by atoms with E-state index in [-0.39, 0.29) is 5.91 Å². The van der Waals surface area contributed by atoms with E-state index in [1.54, 1.807) is 12.3 Å². The molecule has 0 aliphatic heterocycles. The molecule has 1 N–H and O–H groups in total. The smallest absolute Gasteiger partial charge is 0.244 e. The zero-order valence-electron chi connectivity index (χ0n) is 14.2. The molecule has 2 aromatic carbocycles. The molecule has 126 valence electrons. The fourth-order valence-electron chi connectivity index (χ4n) is 2.48. The van der Waals surface area contributed by atoms with Gasteiger partial charge in [-0.15, -0.1) is 0 Å². The summed E-state index contributed by atoms with van der Waals surface area (Å²) in [6.45, 7) is 2.65. The van der Waals surface area contributed by atoms with Gasteiger partial charge in [-0.3, -0.25) is 4.79 Å². The molecule has 1 amide bonds. The number of amides is 1. The van der Waals surface area contributed by atoms with Crippen LogP contribution in [-0.4, -0.2) is 22.2 Å². The van der Waals surface area contributed by atoms with Gasteiger partial charge in [-0.2, -0.15) is 5.10 Å². The van der Waals surface area contributed by atoms with Gasteiger partial charge in [0.1, 0.15) is 0 Å². The lowest BCUT2D eigenvalue weighted by Crippen LogP contribution is -2.23. The molecular weight excluding hydrogens is 310 g/mol. The highest BCUT2D eigenvalue weighted by Crippen LogP contribution is 2.09. The SMILES string of the molecule is Cc1ccc(/C=C/C(=O)NCCc2ccc(-n3cccn3)cc2)cc1. The fourth-order valence-corrected chi connectivity index (χ4v) is 2.48. The average Bonchev–Trinajstić information content (AvgIpc) is 3.16. The fraction of sp³-hybridized carbons (Fsp3) is 0.143. The van der Waals surface area contributed by atoms with Gasteiger partial charge in [-0.05, 0) is 48.7 Å². The number of hydrogen-bond donors (Lipinski definition) is 1. The van der Waals surface area contributed by atoms with Gasteiger partial charge in [0.05, 0.1) is 5.69 Å². The van der Waals surface area contributed by atoms with Gasteiger partial charge >= 0.3 is 0 Å². The maximum atomic E-state index is 11.9. The van der Waals surface area contributed by atoms with E-state index < -0.39 is 0 Å². The van der Waals surface area contributed by atoms with Crippen LogP contribution in [0.5, 0.6) is 0 Å². The Labute approximate surface area is 147 Å². The van der Waals surface area contributed by atoms with Crippen LogP contribution in [0.4, 0.5) is 0 Å². The molecule has 4 nitrogen and oxygen atoms in total. The van der Waals surface area contributed by atoms with Gasteiger partial charge in [0.25, 0.3) is 0 Å². The van der Waals surface area contributed by atoms with Crippen LogP contribution in [0.3, 0.4) is 0 Å². The monoisotopic (exact) mass is 331 g/mol. The normalized spacial score (nSPS) is 10.9. The highest BCUT2D eigenvalue weighted by atomic mass is 16.1. The van der Waals surface area contributed by atoms with E-state index in [1.807, 2.05) is 66.3 Å². The minimum atomic E-state index is -0.0752. The van der Waals surface area contributed by atoms with Crippen LogP contribution in [-0.2, 0) is 11.2 Å². The lowest BCUT2D eigenvalue weighted by atomic mass is 10.1. The number of carbonyl (C=O) groups is 1. The number of aromatic nitrogens is 2. The van der Waals surface area contributed by atoms with Crippen molar-refractivity contribution in [1.29, 1.82) is 0 Å². The molecule has 0 radical (unpaired) electrons. The minimum Gasteiger partial charge on any atom is -0.352 e. The van der Waals surface area contributed by atoms with Crippen molar-refractivity contribution in [1.82, 2.24) is 15.1 Å². The van der Waals surface area contributed by atoms with Crippen LogP contribution in [0.2, 0.25) is 0 Å². The van der Waals surface area contributed by atoms with Gasteiger partial charge < -0.3 is 5.32 Å². The molecule has 0 atom stereocenters. The van der Waals surface area contributed by atoms with Crippen molar-refractivity contribution in [3.8, 4) is 5.69 Å². The molecule has 0 saturated heterocycles. The summed E-state index contributed by atoms with van der Waals surface area (Å²) >= 11 is 0. The van der Waals surface area contributed by atoms with E-state index in [4.69, 9.17) is 0 Å². The molecule has 0 unspecified atom stereocenters. The van der Waals surface area contributed by atoms with Crippen molar-refractivity contribution in [3.05, 3.63) is 89.8 Å². The Bertz CT molecular complexity index is 832. The molecule has 0 fully saturated rings. The number of carbonyl (C=O) groups excluding carboxylic acids is 1. The topological polar surface area (TPSA) is 46.9 Å². The molecule has 4 heteroatoms. The molecule has 0 bridgehead atoms. The zero-order valence-corrected chi connectivity index (χ0v) is 14.2. The lowest BCUT2D eigenvalue weighted by Gasteiger charge is -2.05. The highest BCUT2D eigenvalue weighted by molar-refractivity contribution is 5.91. The van der Waals surface area contributed by atoms with E-state index >= 15 is 0 Å². The molecule has 1 aromatic heterocycles. The maximum Gasteiger partial charge on any atom is 0.244 e. The summed E-state index contributed by atoms with van der Waals surface area (Å²) in [5.74, 6) is -0.0752. The third-order valence-corrected chi connectivity index (χ3v) is 3.92. The molecule has 0 saturated carbocycles. The van der Waals surface area contributed by atoms with Crippen LogP contribution >= 0.6 is 0 Å². The summed E-state index contributed by atoms with van der Waals surface area (Å²) < 4.78 is 1.82. The first-order valence-electron chi connectivity index (χ1n) is 8.32. The molecule has 0 aliphatic carbocycles. The molecule has 0 aliphatic rings. The first kappa shape index (κ1) is 16.7. The molecule has 0 spiro atoms. The predicted octanol–water partition coefficient (Wildman–Crippen LogP) is 3.55. The summed E-state index contributed by atoms with van der Waals surface area (Å²) in [6, 6.07) is 18.1. The van der Waals surface area contributed by atoms with Crippen molar-refractivity contribution >= 4 is 12.0 Å². The van der Waals surface area contributed by atoms with Crippen LogP contribution in [0.1, 0.15) is 16.7 Å². The van der Waals surface area contributed by atoms with Gasteiger partial charge in [0.2, 0.25) is 5.91 Å². The molecule has 25 heavy (non-hydrogen) atoms. The van der Waals surface area contributed by atoms with E-state index in [0.29, 0.717) is 6.54 Å². The maximum absolute atomic E-state index is 11.9. The van der Waals surface area contributed by atoms with Gasteiger partial charge in [0, 0.05) is 25.0 Å². The van der Waals surface area contributed by atoms with Gasteiger partial charge in [-0.25, -0.2) is 4.68 Å². The molecule has 1 heterocycles. The van der Waals surface area contributed by atoms with Crippen LogP contribution in [0.15, 0.2) is 73.1 Å². The lowest BCUT2D eigenvalue weighted by molar-refractivity contribution is -0.116. The van der Waals surface area contributed by atoms with Crippen LogP contribution < -0.4 is 5.32 Å². The Morgan fingerprint density at radius 3 is 2.56 bits per heavy atom. The Balaban J connectivity index is 1.46. The van der Waals surface area contributed by atoms with Gasteiger partial charge in [-0.1, -0.05) is 42.0 Å². The summed E-state index contributed by atoms with van der Waals surface area (Å²) in [6.07, 6.45) is 7.87. The Kier molecular flexibility index (Phi) is 5.42. The standard InChI is InChI=1S/C21H21N3O/c1-17-3-5-18(6-4-17)9-12-21(25)22-15-13-19-7-10-20(11-8-19)24-16-2-14-23-24/h2-12,14,16H,13,15H2,1H3,(H,22,25)/b12-9+. The molecular formula is C21H21N3O. The van der Waals surface area contributed by atoms with E-state index in [9.17, 15) is 4.79 Å². The first-order chi connectivity index (χ1) is 12.2. The Morgan fingerprint density at radius 2 is 1.88 bits per heavy atom. The largest absolute Gasteiger partial charge is 0.352 e. The second-order valence-corrected chi connectivity index (χ2v) is 5.90.